The van der Waals surface area contributed by atoms with Gasteiger partial charge in [-0.15, -0.1) is 0 Å². The summed E-state index contributed by atoms with van der Waals surface area (Å²) in [4.78, 5) is -2.08. The number of rotatable bonds is 2. The van der Waals surface area contributed by atoms with Gasteiger partial charge in [-0.1, -0.05) is 12.1 Å². The molecule has 1 aliphatic heterocycles. The van der Waals surface area contributed by atoms with E-state index in [0.717, 1.165) is 12.1 Å². The van der Waals surface area contributed by atoms with Crippen LogP contribution < -0.4 is 9.47 Å². The van der Waals surface area contributed by atoms with Gasteiger partial charge < -0.3 is 9.47 Å². The molecule has 3 rings (SSSR count). The molecule has 2 N–H and O–H groups in total. The van der Waals surface area contributed by atoms with E-state index in [4.69, 9.17) is 14.0 Å². The molecule has 0 aliphatic carbocycles. The summed E-state index contributed by atoms with van der Waals surface area (Å²) in [5.74, 6) is -0.210. The van der Waals surface area contributed by atoms with Gasteiger partial charge in [-0.25, -0.2) is 0 Å². The Bertz CT molecular complexity index is 976. The van der Waals surface area contributed by atoms with Crippen LogP contribution in [-0.2, 0) is 20.2 Å². The van der Waals surface area contributed by atoms with Crippen molar-refractivity contribution in [1.82, 2.24) is 0 Å². The third-order valence-electron chi connectivity index (χ3n) is 2.86. The highest BCUT2D eigenvalue weighted by molar-refractivity contribution is 7.89. The molecular formula is C12H8O8S2. The molecule has 0 spiro atoms. The van der Waals surface area contributed by atoms with E-state index in [9.17, 15) is 21.4 Å². The molecule has 0 fully saturated rings. The first-order valence-electron chi connectivity index (χ1n) is 5.74. The fraction of sp³-hybridized carbons (Fsp3) is 0. The number of fused-ring (bicyclic) bond motifs is 2. The van der Waals surface area contributed by atoms with Gasteiger partial charge >= 0.3 is 0 Å². The molecule has 1 aliphatic rings. The van der Waals surface area contributed by atoms with E-state index in [-0.39, 0.29) is 17.2 Å². The fourth-order valence-electron chi connectivity index (χ4n) is 2.00. The normalized spacial score (nSPS) is 13.5. The number of para-hydroxylation sites is 2. The summed E-state index contributed by atoms with van der Waals surface area (Å²) in [5, 5.41) is 0. The molecule has 1 heterocycles. The van der Waals surface area contributed by atoms with Gasteiger partial charge in [0.25, 0.3) is 20.2 Å². The lowest BCUT2D eigenvalue weighted by molar-refractivity contribution is 0.346. The monoisotopic (exact) mass is 344 g/mol. The smallest absolute Gasteiger partial charge is 0.299 e. The molecule has 22 heavy (non-hydrogen) atoms. The minimum absolute atomic E-state index is 0.112. The molecule has 0 radical (unpaired) electrons. The minimum Gasteiger partial charge on any atom is -0.449 e. The highest BCUT2D eigenvalue weighted by Gasteiger charge is 2.34. The zero-order valence-electron chi connectivity index (χ0n) is 10.6. The van der Waals surface area contributed by atoms with Crippen LogP contribution in [0.3, 0.4) is 0 Å². The summed E-state index contributed by atoms with van der Waals surface area (Å²) < 4.78 is 74.9. The summed E-state index contributed by atoms with van der Waals surface area (Å²) in [6.45, 7) is 0. The summed E-state index contributed by atoms with van der Waals surface area (Å²) in [5.41, 5.74) is 0. The summed E-state index contributed by atoms with van der Waals surface area (Å²) in [6.07, 6.45) is 0. The Morgan fingerprint density at radius 1 is 0.727 bits per heavy atom. The van der Waals surface area contributed by atoms with Crippen molar-refractivity contribution in [1.29, 1.82) is 0 Å². The third kappa shape index (κ3) is 2.41. The van der Waals surface area contributed by atoms with E-state index in [1.165, 1.54) is 6.07 Å². The lowest BCUT2D eigenvalue weighted by atomic mass is 10.2. The number of benzene rings is 2. The Balaban J connectivity index is 2.33. The van der Waals surface area contributed by atoms with Gasteiger partial charge in [-0.05, 0) is 24.3 Å². The van der Waals surface area contributed by atoms with Crippen LogP contribution in [0.25, 0.3) is 0 Å². The Kier molecular flexibility index (Phi) is 3.14. The second-order valence-corrected chi connectivity index (χ2v) is 7.07. The lowest BCUT2D eigenvalue weighted by Crippen LogP contribution is -2.12. The molecule has 0 saturated heterocycles. The van der Waals surface area contributed by atoms with E-state index >= 15 is 0 Å². The minimum atomic E-state index is -5.00. The molecule has 8 nitrogen and oxygen atoms in total. The van der Waals surface area contributed by atoms with Crippen molar-refractivity contribution in [3.8, 4) is 23.0 Å². The van der Waals surface area contributed by atoms with Crippen LogP contribution >= 0.6 is 0 Å². The van der Waals surface area contributed by atoms with E-state index in [1.807, 2.05) is 0 Å². The van der Waals surface area contributed by atoms with Crippen molar-refractivity contribution in [2.45, 2.75) is 9.79 Å². The first-order valence-corrected chi connectivity index (χ1v) is 8.62. The molecule has 0 atom stereocenters. The highest BCUT2D eigenvalue weighted by atomic mass is 32.2. The number of ether oxygens (including phenoxy) is 2. The quantitative estimate of drug-likeness (QED) is 0.676. The first-order chi connectivity index (χ1) is 10.2. The van der Waals surface area contributed by atoms with Crippen molar-refractivity contribution >= 4 is 20.2 Å². The average Bonchev–Trinajstić information content (AvgIpc) is 2.41. The van der Waals surface area contributed by atoms with Crippen LogP contribution in [0, 0.1) is 0 Å². The van der Waals surface area contributed by atoms with Crippen molar-refractivity contribution in [2.24, 2.45) is 0 Å². The first kappa shape index (κ1) is 14.8. The summed E-state index contributed by atoms with van der Waals surface area (Å²) >= 11 is 0. The molecular weight excluding hydrogens is 336 g/mol. The maximum atomic E-state index is 11.5. The lowest BCUT2D eigenvalue weighted by Gasteiger charge is -2.22. The van der Waals surface area contributed by atoms with Crippen LogP contribution in [0.5, 0.6) is 23.0 Å². The Labute approximate surface area is 125 Å². The predicted octanol–water partition coefficient (Wildman–Crippen LogP) is 2.08. The standard InChI is InChI=1S/C12H8O8S2/c13-21(14,15)10-6-5-9-11(12(10)22(16,17)18)20-8-4-2-1-3-7(8)19-9/h1-6H,(H,13,14,15)(H,16,17,18). The van der Waals surface area contributed by atoms with Crippen LogP contribution in [-0.4, -0.2) is 25.9 Å². The zero-order valence-corrected chi connectivity index (χ0v) is 12.3. The molecule has 0 aromatic heterocycles. The van der Waals surface area contributed by atoms with Gasteiger partial charge in [0.2, 0.25) is 0 Å². The van der Waals surface area contributed by atoms with E-state index in [0.29, 0.717) is 0 Å². The van der Waals surface area contributed by atoms with E-state index in [1.54, 1.807) is 18.2 Å². The van der Waals surface area contributed by atoms with Crippen molar-refractivity contribution < 1.29 is 35.4 Å². The Morgan fingerprint density at radius 3 is 1.86 bits per heavy atom. The maximum Gasteiger partial charge on any atom is 0.299 e. The molecule has 0 unspecified atom stereocenters. The van der Waals surface area contributed by atoms with Gasteiger partial charge in [-0.2, -0.15) is 16.8 Å². The van der Waals surface area contributed by atoms with Crippen LogP contribution in [0.15, 0.2) is 46.2 Å². The summed E-state index contributed by atoms with van der Waals surface area (Å²) in [6, 6.07) is 8.18. The topological polar surface area (TPSA) is 127 Å². The average molecular weight is 344 g/mol. The van der Waals surface area contributed by atoms with E-state index in [2.05, 4.69) is 0 Å². The van der Waals surface area contributed by atoms with Gasteiger partial charge in [0.15, 0.2) is 27.9 Å². The third-order valence-corrected chi connectivity index (χ3v) is 4.80. The van der Waals surface area contributed by atoms with Gasteiger partial charge in [-0.3, -0.25) is 9.11 Å². The highest BCUT2D eigenvalue weighted by Crippen LogP contribution is 2.49. The van der Waals surface area contributed by atoms with Crippen molar-refractivity contribution in [2.75, 3.05) is 0 Å². The van der Waals surface area contributed by atoms with Gasteiger partial charge in [0.05, 0.1) is 0 Å². The Morgan fingerprint density at radius 2 is 1.32 bits per heavy atom. The maximum absolute atomic E-state index is 11.5. The number of hydrogen-bond acceptors (Lipinski definition) is 6. The molecule has 0 amide bonds. The van der Waals surface area contributed by atoms with Crippen LogP contribution in [0.4, 0.5) is 0 Å². The molecule has 2 aromatic rings. The SMILES string of the molecule is O=S(=O)(O)c1ccc2c(c1S(=O)(=O)O)Oc1ccccc1O2. The fourth-order valence-corrected chi connectivity index (χ4v) is 3.90. The molecule has 0 saturated carbocycles. The zero-order chi connectivity index (χ0) is 16.1. The summed E-state index contributed by atoms with van der Waals surface area (Å²) in [7, 11) is -9.91. The van der Waals surface area contributed by atoms with Gasteiger partial charge in [0, 0.05) is 0 Å². The molecule has 2 aromatic carbocycles. The molecule has 10 heteroatoms. The second kappa shape index (κ2) is 4.68. The predicted molar refractivity (Wildman–Crippen MR) is 72.7 cm³/mol. The second-order valence-electron chi connectivity index (χ2n) is 4.32. The van der Waals surface area contributed by atoms with Gasteiger partial charge in [0.1, 0.15) is 4.90 Å². The van der Waals surface area contributed by atoms with Crippen molar-refractivity contribution in [3.63, 3.8) is 0 Å². The van der Waals surface area contributed by atoms with Crippen LogP contribution in [0.1, 0.15) is 0 Å². The molecule has 0 bridgehead atoms. The number of hydrogen-bond donors (Lipinski definition) is 2. The Hall–Kier alpha value is -2.14. The largest absolute Gasteiger partial charge is 0.449 e. The van der Waals surface area contributed by atoms with Crippen molar-refractivity contribution in [3.05, 3.63) is 36.4 Å². The van der Waals surface area contributed by atoms with Crippen LogP contribution in [0.2, 0.25) is 0 Å². The van der Waals surface area contributed by atoms with E-state index < -0.39 is 35.8 Å². The molecule has 116 valence electrons.